The molecule has 0 saturated carbocycles. The lowest BCUT2D eigenvalue weighted by molar-refractivity contribution is 0.668. The van der Waals surface area contributed by atoms with E-state index in [2.05, 4.69) is 91.1 Å². The van der Waals surface area contributed by atoms with Gasteiger partial charge in [-0.1, -0.05) is 62.4 Å². The van der Waals surface area contributed by atoms with Crippen LogP contribution in [0.2, 0.25) is 0 Å². The second-order valence-corrected chi connectivity index (χ2v) is 5.80. The van der Waals surface area contributed by atoms with Gasteiger partial charge >= 0.3 is 0 Å². The Bertz CT molecular complexity index is 476. The number of hydrogen-bond donors (Lipinski definition) is 0. The molecule has 0 amide bonds. The van der Waals surface area contributed by atoms with Crippen molar-refractivity contribution in [2.45, 2.75) is 19.3 Å². The molecule has 1 heteroatoms. The summed E-state index contributed by atoms with van der Waals surface area (Å²) in [6, 6.07) is 8.59. The maximum atomic E-state index is 2.38. The highest BCUT2D eigenvalue weighted by atomic mass is 127. The standard InChI is InChI=1S/C15H15I/c1-15(2)11-13(16)9-5-3-7-12-8-4-6-10-14(12)15/h3-11H,1-2H3/b7-3+,9-5-,13-11-. The quantitative estimate of drug-likeness (QED) is 0.598. The molecule has 0 heterocycles. The Morgan fingerprint density at radius 2 is 1.69 bits per heavy atom. The number of fused-ring (bicyclic) bond motifs is 1. The SMILES string of the molecule is CC1(C)/C=C(I)/C=C\C=C\c2ccccc21. The van der Waals surface area contributed by atoms with Crippen LogP contribution in [0.4, 0.5) is 0 Å². The van der Waals surface area contributed by atoms with Crippen molar-refractivity contribution in [1.82, 2.24) is 0 Å². The minimum Gasteiger partial charge on any atom is -0.0619 e. The van der Waals surface area contributed by atoms with Crippen LogP contribution in [0.5, 0.6) is 0 Å². The number of hydrogen-bond acceptors (Lipinski definition) is 0. The van der Waals surface area contributed by atoms with E-state index < -0.39 is 0 Å². The van der Waals surface area contributed by atoms with Crippen LogP contribution < -0.4 is 0 Å². The average molecular weight is 322 g/mol. The summed E-state index contributed by atoms with van der Waals surface area (Å²) >= 11 is 2.38. The maximum absolute atomic E-state index is 2.38. The van der Waals surface area contributed by atoms with Crippen molar-refractivity contribution < 1.29 is 0 Å². The van der Waals surface area contributed by atoms with Crippen molar-refractivity contribution in [1.29, 1.82) is 0 Å². The second kappa shape index (κ2) is 4.58. The van der Waals surface area contributed by atoms with Crippen LogP contribution in [0.15, 0.2) is 52.1 Å². The highest BCUT2D eigenvalue weighted by molar-refractivity contribution is 14.1. The molecular formula is C15H15I. The normalized spacial score (nSPS) is 25.3. The summed E-state index contributed by atoms with van der Waals surface area (Å²) in [7, 11) is 0. The maximum Gasteiger partial charge on any atom is 0.00986 e. The van der Waals surface area contributed by atoms with Crippen LogP contribution in [0.25, 0.3) is 6.08 Å². The Hall–Kier alpha value is -0.830. The highest BCUT2D eigenvalue weighted by Crippen LogP contribution is 2.32. The molecule has 0 N–H and O–H groups in total. The third-order valence-electron chi connectivity index (χ3n) is 2.80. The highest BCUT2D eigenvalue weighted by Gasteiger charge is 2.20. The number of benzene rings is 1. The van der Waals surface area contributed by atoms with Gasteiger partial charge in [0.1, 0.15) is 0 Å². The van der Waals surface area contributed by atoms with Gasteiger partial charge in [-0.2, -0.15) is 0 Å². The molecule has 2 rings (SSSR count). The predicted octanol–water partition coefficient (Wildman–Crippen LogP) is 4.87. The summed E-state index contributed by atoms with van der Waals surface area (Å²) in [4.78, 5) is 0. The van der Waals surface area contributed by atoms with Crippen molar-refractivity contribution >= 4 is 28.7 Å². The fourth-order valence-electron chi connectivity index (χ4n) is 2.01. The summed E-state index contributed by atoms with van der Waals surface area (Å²) in [5.74, 6) is 0. The van der Waals surface area contributed by atoms with E-state index in [0.29, 0.717) is 0 Å². The first kappa shape index (κ1) is 11.6. The van der Waals surface area contributed by atoms with E-state index in [9.17, 15) is 0 Å². The average Bonchev–Trinajstić information content (AvgIpc) is 2.28. The monoisotopic (exact) mass is 322 g/mol. The molecule has 0 aromatic heterocycles. The summed E-state index contributed by atoms with van der Waals surface area (Å²) in [5, 5.41) is 0. The molecule has 0 nitrogen and oxygen atoms in total. The fourth-order valence-corrected chi connectivity index (χ4v) is 2.99. The van der Waals surface area contributed by atoms with Gasteiger partial charge in [-0.25, -0.2) is 0 Å². The summed E-state index contributed by atoms with van der Waals surface area (Å²) in [5.41, 5.74) is 2.76. The van der Waals surface area contributed by atoms with Gasteiger partial charge in [0.05, 0.1) is 0 Å². The van der Waals surface area contributed by atoms with E-state index in [0.717, 1.165) is 0 Å². The smallest absolute Gasteiger partial charge is 0.00986 e. The molecule has 0 radical (unpaired) electrons. The third-order valence-corrected chi connectivity index (χ3v) is 3.47. The molecule has 0 unspecified atom stereocenters. The lowest BCUT2D eigenvalue weighted by Crippen LogP contribution is -2.15. The Labute approximate surface area is 111 Å². The minimum absolute atomic E-state index is 0.0755. The zero-order valence-electron chi connectivity index (χ0n) is 9.57. The van der Waals surface area contributed by atoms with Crippen molar-refractivity contribution in [3.05, 3.63) is 63.3 Å². The molecule has 0 saturated heterocycles. The molecule has 1 aliphatic carbocycles. The largest absolute Gasteiger partial charge is 0.0619 e. The predicted molar refractivity (Wildman–Crippen MR) is 79.7 cm³/mol. The molecule has 0 fully saturated rings. The zero-order valence-corrected chi connectivity index (χ0v) is 11.7. The van der Waals surface area contributed by atoms with Gasteiger partial charge in [-0.3, -0.25) is 0 Å². The Balaban J connectivity index is 2.64. The van der Waals surface area contributed by atoms with Gasteiger partial charge in [0.15, 0.2) is 0 Å². The van der Waals surface area contributed by atoms with Crippen molar-refractivity contribution in [2.24, 2.45) is 0 Å². The minimum atomic E-state index is 0.0755. The van der Waals surface area contributed by atoms with Gasteiger partial charge in [0.2, 0.25) is 0 Å². The van der Waals surface area contributed by atoms with Crippen LogP contribution in [-0.4, -0.2) is 0 Å². The molecule has 0 atom stereocenters. The molecule has 16 heavy (non-hydrogen) atoms. The van der Waals surface area contributed by atoms with E-state index in [1.807, 2.05) is 0 Å². The summed E-state index contributed by atoms with van der Waals surface area (Å²) in [6.07, 6.45) is 10.8. The van der Waals surface area contributed by atoms with E-state index in [-0.39, 0.29) is 5.41 Å². The van der Waals surface area contributed by atoms with Gasteiger partial charge in [-0.15, -0.1) is 0 Å². The molecular weight excluding hydrogens is 307 g/mol. The first-order valence-electron chi connectivity index (χ1n) is 5.42. The number of allylic oxidation sites excluding steroid dienone is 5. The van der Waals surface area contributed by atoms with Crippen LogP contribution in [0, 0.1) is 0 Å². The molecule has 82 valence electrons. The van der Waals surface area contributed by atoms with E-state index in [1.54, 1.807) is 0 Å². The molecule has 0 bridgehead atoms. The van der Waals surface area contributed by atoms with Crippen LogP contribution in [0.1, 0.15) is 25.0 Å². The molecule has 1 aliphatic rings. The fraction of sp³-hybridized carbons (Fsp3) is 0.200. The topological polar surface area (TPSA) is 0 Å². The van der Waals surface area contributed by atoms with Gasteiger partial charge in [0, 0.05) is 8.99 Å². The van der Waals surface area contributed by atoms with Gasteiger partial charge in [-0.05, 0) is 39.8 Å². The van der Waals surface area contributed by atoms with Crippen LogP contribution in [0.3, 0.4) is 0 Å². The molecule has 1 aromatic rings. The molecule has 0 aliphatic heterocycles. The van der Waals surface area contributed by atoms with Crippen LogP contribution in [-0.2, 0) is 5.41 Å². The Morgan fingerprint density at radius 3 is 2.50 bits per heavy atom. The van der Waals surface area contributed by atoms with E-state index in [1.165, 1.54) is 14.7 Å². The third kappa shape index (κ3) is 2.46. The summed E-state index contributed by atoms with van der Waals surface area (Å²) in [6.45, 7) is 4.52. The van der Waals surface area contributed by atoms with E-state index in [4.69, 9.17) is 0 Å². The lowest BCUT2D eigenvalue weighted by Gasteiger charge is -2.23. The Morgan fingerprint density at radius 1 is 1.00 bits per heavy atom. The van der Waals surface area contributed by atoms with E-state index >= 15 is 0 Å². The summed E-state index contributed by atoms with van der Waals surface area (Å²) < 4.78 is 1.28. The van der Waals surface area contributed by atoms with Crippen molar-refractivity contribution in [3.8, 4) is 0 Å². The molecule has 0 spiro atoms. The molecule has 1 aromatic carbocycles. The second-order valence-electron chi connectivity index (χ2n) is 4.56. The zero-order chi connectivity index (χ0) is 11.6. The number of rotatable bonds is 0. The van der Waals surface area contributed by atoms with Crippen molar-refractivity contribution in [3.63, 3.8) is 0 Å². The van der Waals surface area contributed by atoms with Crippen LogP contribution >= 0.6 is 22.6 Å². The number of halogens is 1. The van der Waals surface area contributed by atoms with Gasteiger partial charge in [0.25, 0.3) is 0 Å². The lowest BCUT2D eigenvalue weighted by atomic mass is 9.81. The first-order valence-corrected chi connectivity index (χ1v) is 6.50. The Kier molecular flexibility index (Phi) is 3.33. The van der Waals surface area contributed by atoms with Crippen molar-refractivity contribution in [2.75, 3.05) is 0 Å². The first-order chi connectivity index (χ1) is 7.59. The van der Waals surface area contributed by atoms with Gasteiger partial charge < -0.3 is 0 Å².